The smallest absolute Gasteiger partial charge is 0.0656 e. The highest BCUT2D eigenvalue weighted by molar-refractivity contribution is 6.33. The van der Waals surface area contributed by atoms with Gasteiger partial charge in [0.2, 0.25) is 0 Å². The van der Waals surface area contributed by atoms with Crippen LogP contribution in [-0.4, -0.2) is 31.1 Å². The molecular weight excluding hydrogens is 234 g/mol. The molecule has 3 nitrogen and oxygen atoms in total. The van der Waals surface area contributed by atoms with Crippen LogP contribution < -0.4 is 11.1 Å². The predicted octanol–water partition coefficient (Wildman–Crippen LogP) is 2.98. The second-order valence-electron chi connectivity index (χ2n) is 4.69. The number of halogens is 1. The van der Waals surface area contributed by atoms with Crippen molar-refractivity contribution in [3.63, 3.8) is 0 Å². The van der Waals surface area contributed by atoms with Gasteiger partial charge in [0.25, 0.3) is 0 Å². The number of anilines is 2. The van der Waals surface area contributed by atoms with Crippen LogP contribution in [0.2, 0.25) is 5.02 Å². The number of nitrogens with zero attached hydrogens (tertiary/aromatic N) is 1. The van der Waals surface area contributed by atoms with Crippen LogP contribution in [0.1, 0.15) is 19.4 Å². The van der Waals surface area contributed by atoms with E-state index >= 15 is 0 Å². The van der Waals surface area contributed by atoms with Gasteiger partial charge in [-0.3, -0.25) is 0 Å². The van der Waals surface area contributed by atoms with Crippen molar-refractivity contribution in [2.45, 2.75) is 26.8 Å². The fraction of sp³-hybridized carbons (Fsp3) is 0.538. The van der Waals surface area contributed by atoms with Gasteiger partial charge in [0.05, 0.1) is 10.7 Å². The SMILES string of the molecule is Cc1cc(N)c(Cl)cc1NCCN(C)C(C)C. The Hall–Kier alpha value is -0.930. The lowest BCUT2D eigenvalue weighted by molar-refractivity contribution is 0.284. The second-order valence-corrected chi connectivity index (χ2v) is 5.10. The maximum atomic E-state index is 6.00. The molecule has 1 aromatic carbocycles. The standard InChI is InChI=1S/C13H22ClN3/c1-9(2)17(4)6-5-16-13-8-11(14)12(15)7-10(13)3/h7-9,16H,5-6,15H2,1-4H3. The molecule has 17 heavy (non-hydrogen) atoms. The van der Waals surface area contributed by atoms with Crippen LogP contribution in [0.3, 0.4) is 0 Å². The lowest BCUT2D eigenvalue weighted by Gasteiger charge is -2.21. The number of benzene rings is 1. The highest BCUT2D eigenvalue weighted by Crippen LogP contribution is 2.26. The van der Waals surface area contributed by atoms with Crippen LogP contribution in [0.15, 0.2) is 12.1 Å². The fourth-order valence-corrected chi connectivity index (χ4v) is 1.68. The van der Waals surface area contributed by atoms with Crippen molar-refractivity contribution in [3.8, 4) is 0 Å². The number of aryl methyl sites for hydroxylation is 1. The largest absolute Gasteiger partial charge is 0.398 e. The molecule has 0 unspecified atom stereocenters. The van der Waals surface area contributed by atoms with Gasteiger partial charge in [0.15, 0.2) is 0 Å². The molecule has 0 fully saturated rings. The summed E-state index contributed by atoms with van der Waals surface area (Å²) < 4.78 is 0. The first-order valence-corrected chi connectivity index (χ1v) is 6.29. The molecule has 0 aliphatic carbocycles. The molecule has 0 spiro atoms. The number of rotatable bonds is 5. The van der Waals surface area contributed by atoms with Crippen molar-refractivity contribution in [2.24, 2.45) is 0 Å². The lowest BCUT2D eigenvalue weighted by atomic mass is 10.2. The van der Waals surface area contributed by atoms with E-state index in [1.807, 2.05) is 19.1 Å². The third-order valence-corrected chi connectivity index (χ3v) is 3.33. The van der Waals surface area contributed by atoms with Gasteiger partial charge in [0.1, 0.15) is 0 Å². The topological polar surface area (TPSA) is 41.3 Å². The highest BCUT2D eigenvalue weighted by Gasteiger charge is 2.05. The third kappa shape index (κ3) is 4.10. The zero-order valence-corrected chi connectivity index (χ0v) is 11.8. The molecule has 0 bridgehead atoms. The van der Waals surface area contributed by atoms with Crippen molar-refractivity contribution < 1.29 is 0 Å². The summed E-state index contributed by atoms with van der Waals surface area (Å²) in [5.74, 6) is 0. The maximum Gasteiger partial charge on any atom is 0.0656 e. The van der Waals surface area contributed by atoms with Crippen molar-refractivity contribution in [2.75, 3.05) is 31.2 Å². The molecule has 1 aromatic rings. The molecule has 0 amide bonds. The molecule has 4 heteroatoms. The first-order chi connectivity index (χ1) is 7.91. The van der Waals surface area contributed by atoms with Crippen LogP contribution >= 0.6 is 11.6 Å². The lowest BCUT2D eigenvalue weighted by Crippen LogP contribution is -2.31. The molecule has 0 heterocycles. The second kappa shape index (κ2) is 6.12. The molecule has 1 rings (SSSR count). The van der Waals surface area contributed by atoms with E-state index in [0.29, 0.717) is 16.8 Å². The number of hydrogen-bond acceptors (Lipinski definition) is 3. The molecular formula is C13H22ClN3. The summed E-state index contributed by atoms with van der Waals surface area (Å²) >= 11 is 6.00. The first kappa shape index (κ1) is 14.1. The number of nitrogens with two attached hydrogens (primary N) is 1. The van der Waals surface area contributed by atoms with Crippen molar-refractivity contribution in [1.29, 1.82) is 0 Å². The van der Waals surface area contributed by atoms with Crippen LogP contribution in [0, 0.1) is 6.92 Å². The average Bonchev–Trinajstić information content (AvgIpc) is 2.25. The fourth-order valence-electron chi connectivity index (χ4n) is 1.52. The average molecular weight is 256 g/mol. The van der Waals surface area contributed by atoms with E-state index in [2.05, 4.69) is 31.1 Å². The van der Waals surface area contributed by atoms with Crippen molar-refractivity contribution in [3.05, 3.63) is 22.7 Å². The quantitative estimate of drug-likeness (QED) is 0.795. The van der Waals surface area contributed by atoms with Gasteiger partial charge in [0, 0.05) is 24.8 Å². The first-order valence-electron chi connectivity index (χ1n) is 5.91. The Balaban J connectivity index is 2.55. The molecule has 0 saturated heterocycles. The van der Waals surface area contributed by atoms with E-state index in [-0.39, 0.29) is 0 Å². The molecule has 0 aliphatic rings. The summed E-state index contributed by atoms with van der Waals surface area (Å²) in [4.78, 5) is 2.29. The monoisotopic (exact) mass is 255 g/mol. The maximum absolute atomic E-state index is 6.00. The molecule has 0 atom stereocenters. The Morgan fingerprint density at radius 1 is 1.41 bits per heavy atom. The summed E-state index contributed by atoms with van der Waals surface area (Å²) in [6.45, 7) is 8.30. The van der Waals surface area contributed by atoms with Gasteiger partial charge in [-0.05, 0) is 45.5 Å². The summed E-state index contributed by atoms with van der Waals surface area (Å²) in [7, 11) is 2.12. The minimum Gasteiger partial charge on any atom is -0.398 e. The summed E-state index contributed by atoms with van der Waals surface area (Å²) in [6.07, 6.45) is 0. The van der Waals surface area contributed by atoms with E-state index in [4.69, 9.17) is 17.3 Å². The van der Waals surface area contributed by atoms with Gasteiger partial charge in [-0.1, -0.05) is 11.6 Å². The Morgan fingerprint density at radius 3 is 2.65 bits per heavy atom. The number of likely N-dealkylation sites (N-methyl/N-ethyl adjacent to an activating group) is 1. The number of nitrogen functional groups attached to an aromatic ring is 1. The van der Waals surface area contributed by atoms with Crippen molar-refractivity contribution >= 4 is 23.0 Å². The molecule has 96 valence electrons. The summed E-state index contributed by atoms with van der Waals surface area (Å²) in [5, 5.41) is 3.99. The molecule has 0 radical (unpaired) electrons. The van der Waals surface area contributed by atoms with Gasteiger partial charge >= 0.3 is 0 Å². The zero-order valence-electron chi connectivity index (χ0n) is 11.0. The molecule has 0 aromatic heterocycles. The van der Waals surface area contributed by atoms with Crippen molar-refractivity contribution in [1.82, 2.24) is 4.90 Å². The Morgan fingerprint density at radius 2 is 2.06 bits per heavy atom. The summed E-state index contributed by atoms with van der Waals surface area (Å²) in [6, 6.07) is 4.35. The third-order valence-electron chi connectivity index (χ3n) is 3.01. The van der Waals surface area contributed by atoms with Gasteiger partial charge < -0.3 is 16.0 Å². The van der Waals surface area contributed by atoms with Gasteiger partial charge in [-0.2, -0.15) is 0 Å². The van der Waals surface area contributed by atoms with E-state index in [9.17, 15) is 0 Å². The van der Waals surface area contributed by atoms with E-state index in [0.717, 1.165) is 24.3 Å². The Kier molecular flexibility index (Phi) is 5.09. The number of nitrogens with one attached hydrogen (secondary N) is 1. The minimum atomic E-state index is 0.563. The van der Waals surface area contributed by atoms with Crippen LogP contribution in [0.5, 0.6) is 0 Å². The Labute approximate surface area is 109 Å². The molecule has 0 saturated carbocycles. The van der Waals surface area contributed by atoms with E-state index in [1.165, 1.54) is 0 Å². The van der Waals surface area contributed by atoms with Gasteiger partial charge in [-0.15, -0.1) is 0 Å². The minimum absolute atomic E-state index is 0.563. The molecule has 3 N–H and O–H groups in total. The number of hydrogen-bond donors (Lipinski definition) is 2. The normalized spacial score (nSPS) is 11.2. The van der Waals surface area contributed by atoms with Crippen LogP contribution in [-0.2, 0) is 0 Å². The van der Waals surface area contributed by atoms with Crippen LogP contribution in [0.4, 0.5) is 11.4 Å². The summed E-state index contributed by atoms with van der Waals surface area (Å²) in [5.41, 5.74) is 8.55. The molecule has 0 aliphatic heterocycles. The van der Waals surface area contributed by atoms with E-state index < -0.39 is 0 Å². The highest BCUT2D eigenvalue weighted by atomic mass is 35.5. The zero-order chi connectivity index (χ0) is 13.0. The van der Waals surface area contributed by atoms with E-state index in [1.54, 1.807) is 0 Å². The predicted molar refractivity (Wildman–Crippen MR) is 76.9 cm³/mol. The van der Waals surface area contributed by atoms with Gasteiger partial charge in [-0.25, -0.2) is 0 Å². The Bertz CT molecular complexity index is 377. The van der Waals surface area contributed by atoms with Crippen LogP contribution in [0.25, 0.3) is 0 Å².